The Hall–Kier alpha value is -0.570. The van der Waals surface area contributed by atoms with Gasteiger partial charge in [-0.2, -0.15) is 0 Å². The van der Waals surface area contributed by atoms with Crippen LogP contribution in [0.25, 0.3) is 0 Å². The molecule has 1 aliphatic heterocycles. The van der Waals surface area contributed by atoms with Crippen LogP contribution in [-0.2, 0) is 4.79 Å². The molecule has 0 aromatic carbocycles. The van der Waals surface area contributed by atoms with Crippen LogP contribution in [0.3, 0.4) is 0 Å². The molecule has 1 aliphatic rings. The van der Waals surface area contributed by atoms with Gasteiger partial charge in [0, 0.05) is 25.4 Å². The molecule has 1 heterocycles. The second kappa shape index (κ2) is 10.2. The predicted molar refractivity (Wildman–Crippen MR) is 81.0 cm³/mol. The first-order valence-corrected chi connectivity index (χ1v) is 8.25. The maximum absolute atomic E-state index is 11.8. The third-order valence-corrected chi connectivity index (χ3v) is 4.14. The summed E-state index contributed by atoms with van der Waals surface area (Å²) in [5, 5.41) is 0. The van der Waals surface area contributed by atoms with Gasteiger partial charge in [-0.15, -0.1) is 0 Å². The zero-order valence-electron chi connectivity index (χ0n) is 12.7. The predicted octanol–water partition coefficient (Wildman–Crippen LogP) is 3.32. The molecule has 3 heteroatoms. The Labute approximate surface area is 118 Å². The van der Waals surface area contributed by atoms with Crippen molar-refractivity contribution in [2.75, 3.05) is 19.6 Å². The first-order valence-electron chi connectivity index (χ1n) is 8.25. The van der Waals surface area contributed by atoms with E-state index in [0.717, 1.165) is 32.5 Å². The van der Waals surface area contributed by atoms with Crippen LogP contribution in [0.1, 0.15) is 71.1 Å². The molecule has 0 radical (unpaired) electrons. The number of nitrogens with two attached hydrogens (primary N) is 1. The fraction of sp³-hybridized carbons (Fsp3) is 0.938. The van der Waals surface area contributed by atoms with Crippen molar-refractivity contribution < 1.29 is 4.79 Å². The van der Waals surface area contributed by atoms with E-state index in [1.165, 1.54) is 51.4 Å². The molecule has 0 aliphatic carbocycles. The van der Waals surface area contributed by atoms with Crippen LogP contribution in [0, 0.1) is 5.92 Å². The highest BCUT2D eigenvalue weighted by Gasteiger charge is 2.28. The third kappa shape index (κ3) is 6.95. The van der Waals surface area contributed by atoms with Gasteiger partial charge in [0.05, 0.1) is 0 Å². The quantitative estimate of drug-likeness (QED) is 0.584. The maximum Gasteiger partial charge on any atom is 0.222 e. The Morgan fingerprint density at radius 3 is 2.05 bits per heavy atom. The van der Waals surface area contributed by atoms with Gasteiger partial charge in [-0.25, -0.2) is 0 Å². The van der Waals surface area contributed by atoms with Crippen LogP contribution < -0.4 is 5.73 Å². The van der Waals surface area contributed by atoms with Crippen LogP contribution >= 0.6 is 0 Å². The number of carbonyl (C=O) groups is 1. The number of hydrogen-bond donors (Lipinski definition) is 1. The molecule has 3 nitrogen and oxygen atoms in total. The Morgan fingerprint density at radius 1 is 1.00 bits per heavy atom. The lowest BCUT2D eigenvalue weighted by molar-refractivity contribution is -0.137. The zero-order valence-corrected chi connectivity index (χ0v) is 12.7. The first-order chi connectivity index (χ1) is 9.27. The number of carbonyl (C=O) groups excluding carboxylic acids is 1. The molecule has 0 saturated carbocycles. The highest BCUT2D eigenvalue weighted by Crippen LogP contribution is 2.17. The summed E-state index contributed by atoms with van der Waals surface area (Å²) < 4.78 is 0. The molecule has 1 fully saturated rings. The zero-order chi connectivity index (χ0) is 13.9. The minimum absolute atomic E-state index is 0.340. The van der Waals surface area contributed by atoms with Crippen molar-refractivity contribution in [1.29, 1.82) is 0 Å². The number of hydrogen-bond acceptors (Lipinski definition) is 2. The Bertz CT molecular complexity index is 237. The van der Waals surface area contributed by atoms with Crippen LogP contribution in [0.2, 0.25) is 0 Å². The summed E-state index contributed by atoms with van der Waals surface area (Å²) in [5.41, 5.74) is 5.56. The molecular weight excluding hydrogens is 236 g/mol. The van der Waals surface area contributed by atoms with E-state index < -0.39 is 0 Å². The highest BCUT2D eigenvalue weighted by molar-refractivity contribution is 5.76. The molecule has 19 heavy (non-hydrogen) atoms. The van der Waals surface area contributed by atoms with Gasteiger partial charge in [0.2, 0.25) is 5.91 Å². The topological polar surface area (TPSA) is 46.3 Å². The number of likely N-dealkylation sites (tertiary alicyclic amines) is 1. The van der Waals surface area contributed by atoms with Gasteiger partial charge < -0.3 is 10.6 Å². The summed E-state index contributed by atoms with van der Waals surface area (Å²) >= 11 is 0. The Balaban J connectivity index is 1.82. The molecule has 1 rings (SSSR count). The lowest BCUT2D eigenvalue weighted by Gasteiger charge is -2.38. The van der Waals surface area contributed by atoms with Gasteiger partial charge in [-0.1, -0.05) is 58.3 Å². The maximum atomic E-state index is 11.8. The molecule has 0 aromatic rings. The van der Waals surface area contributed by atoms with Gasteiger partial charge in [0.25, 0.3) is 0 Å². The smallest absolute Gasteiger partial charge is 0.222 e. The molecular formula is C16H32N2O. The normalized spacial score (nSPS) is 15.6. The van der Waals surface area contributed by atoms with E-state index in [2.05, 4.69) is 6.92 Å². The van der Waals surface area contributed by atoms with Crippen molar-refractivity contribution in [2.24, 2.45) is 11.7 Å². The fourth-order valence-corrected chi connectivity index (χ4v) is 2.67. The van der Waals surface area contributed by atoms with Gasteiger partial charge in [-0.3, -0.25) is 4.79 Å². The standard InChI is InChI=1S/C16H32N2O/c1-2-3-4-5-6-7-8-9-10-11-16(19)18-13-15(12-17)14-18/h15H,2-14,17H2,1H3. The van der Waals surface area contributed by atoms with Crippen molar-refractivity contribution in [3.63, 3.8) is 0 Å². The SMILES string of the molecule is CCCCCCCCCCCC(=O)N1CC(CN)C1. The van der Waals surface area contributed by atoms with Gasteiger partial charge in [-0.05, 0) is 13.0 Å². The summed E-state index contributed by atoms with van der Waals surface area (Å²) in [6, 6.07) is 0. The summed E-state index contributed by atoms with van der Waals surface area (Å²) in [6.07, 6.45) is 12.5. The van der Waals surface area contributed by atoms with Crippen LogP contribution in [-0.4, -0.2) is 30.4 Å². The second-order valence-corrected chi connectivity index (χ2v) is 5.98. The minimum atomic E-state index is 0.340. The van der Waals surface area contributed by atoms with Gasteiger partial charge in [0.15, 0.2) is 0 Å². The minimum Gasteiger partial charge on any atom is -0.342 e. The fourth-order valence-electron chi connectivity index (χ4n) is 2.67. The van der Waals surface area contributed by atoms with Crippen molar-refractivity contribution in [1.82, 2.24) is 4.90 Å². The monoisotopic (exact) mass is 268 g/mol. The Kier molecular flexibility index (Phi) is 8.89. The van der Waals surface area contributed by atoms with Crippen molar-refractivity contribution in [3.05, 3.63) is 0 Å². The summed E-state index contributed by atoms with van der Waals surface area (Å²) in [6.45, 7) is 4.77. The van der Waals surface area contributed by atoms with Crippen molar-refractivity contribution in [3.8, 4) is 0 Å². The molecule has 0 unspecified atom stereocenters. The van der Waals surface area contributed by atoms with E-state index in [1.807, 2.05) is 4.90 Å². The number of unbranched alkanes of at least 4 members (excludes halogenated alkanes) is 8. The molecule has 0 bridgehead atoms. The van der Waals surface area contributed by atoms with Crippen molar-refractivity contribution >= 4 is 5.91 Å². The average Bonchev–Trinajstić information content (AvgIpc) is 2.35. The Morgan fingerprint density at radius 2 is 1.53 bits per heavy atom. The summed E-state index contributed by atoms with van der Waals surface area (Å²) in [4.78, 5) is 13.7. The molecule has 0 atom stereocenters. The summed E-state index contributed by atoms with van der Waals surface area (Å²) in [7, 11) is 0. The van der Waals surface area contributed by atoms with Crippen LogP contribution in [0.4, 0.5) is 0 Å². The van der Waals surface area contributed by atoms with E-state index in [0.29, 0.717) is 11.8 Å². The molecule has 1 saturated heterocycles. The van der Waals surface area contributed by atoms with Gasteiger partial charge >= 0.3 is 0 Å². The van der Waals surface area contributed by atoms with E-state index in [9.17, 15) is 4.79 Å². The molecule has 112 valence electrons. The average molecular weight is 268 g/mol. The van der Waals surface area contributed by atoms with Crippen LogP contribution in [0.15, 0.2) is 0 Å². The number of nitrogens with zero attached hydrogens (tertiary/aromatic N) is 1. The third-order valence-electron chi connectivity index (χ3n) is 4.14. The van der Waals surface area contributed by atoms with E-state index in [-0.39, 0.29) is 0 Å². The van der Waals surface area contributed by atoms with E-state index >= 15 is 0 Å². The molecule has 2 N–H and O–H groups in total. The number of amides is 1. The lowest BCUT2D eigenvalue weighted by Crippen LogP contribution is -2.52. The molecule has 1 amide bonds. The first kappa shape index (κ1) is 16.5. The highest BCUT2D eigenvalue weighted by atomic mass is 16.2. The molecule has 0 spiro atoms. The molecule has 0 aromatic heterocycles. The van der Waals surface area contributed by atoms with Crippen LogP contribution in [0.5, 0.6) is 0 Å². The van der Waals surface area contributed by atoms with E-state index in [4.69, 9.17) is 5.73 Å². The number of rotatable bonds is 11. The van der Waals surface area contributed by atoms with Crippen molar-refractivity contribution in [2.45, 2.75) is 71.1 Å². The van der Waals surface area contributed by atoms with Gasteiger partial charge in [0.1, 0.15) is 0 Å². The largest absolute Gasteiger partial charge is 0.342 e. The lowest BCUT2D eigenvalue weighted by atomic mass is 9.99. The van der Waals surface area contributed by atoms with E-state index in [1.54, 1.807) is 0 Å². The second-order valence-electron chi connectivity index (χ2n) is 5.98. The summed E-state index contributed by atoms with van der Waals surface area (Å²) in [5.74, 6) is 0.903.